The number of fused-ring (bicyclic) bond motifs is 1. The topological polar surface area (TPSA) is 97.2 Å². The third-order valence-electron chi connectivity index (χ3n) is 5.58. The van der Waals surface area contributed by atoms with Gasteiger partial charge in [-0.3, -0.25) is 4.98 Å². The van der Waals surface area contributed by atoms with Crippen LogP contribution < -0.4 is 21.7 Å². The van der Waals surface area contributed by atoms with Crippen LogP contribution in [0.5, 0.6) is 0 Å². The van der Waals surface area contributed by atoms with Gasteiger partial charge in [0.2, 0.25) is 0 Å². The van der Waals surface area contributed by atoms with Crippen molar-refractivity contribution in [2.75, 3.05) is 19.6 Å². The van der Waals surface area contributed by atoms with E-state index in [2.05, 4.69) is 56.8 Å². The molecule has 0 fully saturated rings. The molecule has 0 aliphatic heterocycles. The van der Waals surface area contributed by atoms with E-state index in [0.717, 1.165) is 48.8 Å². The molecule has 8 nitrogen and oxygen atoms in total. The van der Waals surface area contributed by atoms with E-state index in [-0.39, 0.29) is 0 Å². The highest BCUT2D eigenvalue weighted by molar-refractivity contribution is 5.63. The molecule has 4 aromatic heterocycles. The van der Waals surface area contributed by atoms with Crippen LogP contribution in [0.3, 0.4) is 0 Å². The first-order valence-corrected chi connectivity index (χ1v) is 11.9. The Hall–Kier alpha value is -3.62. The first kappa shape index (κ1) is 23.5. The molecule has 4 heterocycles. The van der Waals surface area contributed by atoms with Crippen LogP contribution >= 0.6 is 0 Å². The van der Waals surface area contributed by atoms with E-state index in [9.17, 15) is 0 Å². The summed E-state index contributed by atoms with van der Waals surface area (Å²) in [6, 6.07) is 10.2. The molecule has 0 atom stereocenters. The second kappa shape index (κ2) is 12.0. The van der Waals surface area contributed by atoms with Crippen LogP contribution in [-0.2, 0) is 13.1 Å². The van der Waals surface area contributed by atoms with E-state index in [1.165, 1.54) is 18.4 Å². The Kier molecular flexibility index (Phi) is 8.32. The molecular formula is C26H34N8. The zero-order valence-corrected chi connectivity index (χ0v) is 19.7. The van der Waals surface area contributed by atoms with Crippen LogP contribution in [0.4, 0.5) is 0 Å². The Balaban J connectivity index is 1.29. The van der Waals surface area contributed by atoms with Gasteiger partial charge in [0.05, 0.1) is 29.8 Å². The maximum atomic E-state index is 6.28. The number of rotatable bonds is 13. The third-order valence-corrected chi connectivity index (χ3v) is 5.58. The molecule has 4 aromatic rings. The van der Waals surface area contributed by atoms with Crippen LogP contribution in [0.1, 0.15) is 36.6 Å². The minimum Gasteiger partial charge on any atom is -0.397 e. The molecule has 8 heteroatoms. The monoisotopic (exact) mass is 458 g/mol. The summed E-state index contributed by atoms with van der Waals surface area (Å²) in [4.78, 5) is 9.01. The molecule has 0 unspecified atom stereocenters. The summed E-state index contributed by atoms with van der Waals surface area (Å²) >= 11 is 0. The standard InChI is InChI=1S/C26H34N8/c1-2-3-8-28-9-10-29-14-21-6-7-26-32-23(20-34(26)19-21)16-31-18-25(27)22-13-24(17-30-15-22)33-11-4-5-12-33/h4-7,11-13,15,17-20,28-29,31H,2-3,8-10,14,16,27H2,1H3/b25-18-. The Morgan fingerprint density at radius 1 is 1.03 bits per heavy atom. The highest BCUT2D eigenvalue weighted by Crippen LogP contribution is 2.13. The molecule has 0 saturated heterocycles. The number of aromatic nitrogens is 4. The number of pyridine rings is 2. The Morgan fingerprint density at radius 2 is 1.88 bits per heavy atom. The normalized spacial score (nSPS) is 11.9. The fourth-order valence-corrected chi connectivity index (χ4v) is 3.70. The Bertz CT molecular complexity index is 1190. The van der Waals surface area contributed by atoms with Gasteiger partial charge in [0, 0.05) is 62.4 Å². The molecule has 0 aromatic carbocycles. The van der Waals surface area contributed by atoms with E-state index < -0.39 is 0 Å². The number of nitrogens with one attached hydrogen (secondary N) is 3. The lowest BCUT2D eigenvalue weighted by atomic mass is 10.2. The van der Waals surface area contributed by atoms with Crippen LogP contribution in [-0.4, -0.2) is 38.6 Å². The van der Waals surface area contributed by atoms with Gasteiger partial charge in [-0.2, -0.15) is 0 Å². The molecular weight excluding hydrogens is 424 g/mol. The Labute approximate surface area is 200 Å². The minimum absolute atomic E-state index is 0.587. The van der Waals surface area contributed by atoms with Gasteiger partial charge in [-0.15, -0.1) is 0 Å². The van der Waals surface area contributed by atoms with E-state index in [1.54, 1.807) is 6.20 Å². The van der Waals surface area contributed by atoms with Gasteiger partial charge < -0.3 is 30.7 Å². The fraction of sp³-hybridized carbons (Fsp3) is 0.308. The smallest absolute Gasteiger partial charge is 0.137 e. The average molecular weight is 459 g/mol. The molecule has 0 aliphatic carbocycles. The van der Waals surface area contributed by atoms with Gasteiger partial charge in [0.15, 0.2) is 0 Å². The third kappa shape index (κ3) is 6.46. The molecule has 0 amide bonds. The maximum absolute atomic E-state index is 6.28. The zero-order valence-electron chi connectivity index (χ0n) is 19.7. The van der Waals surface area contributed by atoms with Crippen molar-refractivity contribution < 1.29 is 0 Å². The average Bonchev–Trinajstić information content (AvgIpc) is 3.53. The van der Waals surface area contributed by atoms with Crippen molar-refractivity contribution in [1.82, 2.24) is 34.9 Å². The summed E-state index contributed by atoms with van der Waals surface area (Å²) in [5.41, 5.74) is 11.9. The number of hydrogen-bond acceptors (Lipinski definition) is 6. The van der Waals surface area contributed by atoms with Crippen LogP contribution in [0.25, 0.3) is 17.0 Å². The Morgan fingerprint density at radius 3 is 2.74 bits per heavy atom. The first-order chi connectivity index (χ1) is 16.7. The van der Waals surface area contributed by atoms with Crippen LogP contribution in [0.15, 0.2) is 73.7 Å². The largest absolute Gasteiger partial charge is 0.397 e. The minimum atomic E-state index is 0.587. The van der Waals surface area contributed by atoms with Crippen molar-refractivity contribution in [2.45, 2.75) is 32.9 Å². The van der Waals surface area contributed by atoms with Gasteiger partial charge in [-0.25, -0.2) is 4.98 Å². The molecule has 0 bridgehead atoms. The summed E-state index contributed by atoms with van der Waals surface area (Å²) in [5, 5.41) is 10.2. The second-order valence-corrected chi connectivity index (χ2v) is 8.32. The van der Waals surface area contributed by atoms with E-state index in [0.29, 0.717) is 12.2 Å². The predicted octanol–water partition coefficient (Wildman–Crippen LogP) is 3.05. The quantitative estimate of drug-likeness (QED) is 0.230. The number of unbranched alkanes of at least 4 members (excludes halogenated alkanes) is 1. The molecule has 34 heavy (non-hydrogen) atoms. The van der Waals surface area contributed by atoms with Gasteiger partial charge in [-0.05, 0) is 42.8 Å². The molecule has 178 valence electrons. The van der Waals surface area contributed by atoms with Gasteiger partial charge in [0.1, 0.15) is 5.65 Å². The van der Waals surface area contributed by atoms with E-state index in [4.69, 9.17) is 10.7 Å². The molecule has 0 saturated carbocycles. The first-order valence-electron chi connectivity index (χ1n) is 11.9. The van der Waals surface area contributed by atoms with Crippen LogP contribution in [0, 0.1) is 0 Å². The predicted molar refractivity (Wildman–Crippen MR) is 137 cm³/mol. The lowest BCUT2D eigenvalue weighted by Crippen LogP contribution is -2.27. The van der Waals surface area contributed by atoms with Crippen molar-refractivity contribution in [1.29, 1.82) is 0 Å². The molecule has 4 rings (SSSR count). The summed E-state index contributed by atoms with van der Waals surface area (Å²) in [7, 11) is 0. The number of nitrogens with zero attached hydrogens (tertiary/aromatic N) is 4. The van der Waals surface area contributed by atoms with E-state index in [1.807, 2.05) is 47.6 Å². The SMILES string of the molecule is CCCCNCCNCc1ccc2nc(CN/C=C(\N)c3cncc(-n4cccc4)c3)cn2c1. The van der Waals surface area contributed by atoms with Crippen molar-refractivity contribution >= 4 is 11.3 Å². The van der Waals surface area contributed by atoms with Gasteiger partial charge in [-0.1, -0.05) is 19.4 Å². The van der Waals surface area contributed by atoms with Crippen molar-refractivity contribution in [2.24, 2.45) is 5.73 Å². The van der Waals surface area contributed by atoms with Gasteiger partial charge in [0.25, 0.3) is 0 Å². The van der Waals surface area contributed by atoms with Crippen LogP contribution in [0.2, 0.25) is 0 Å². The maximum Gasteiger partial charge on any atom is 0.137 e. The second-order valence-electron chi connectivity index (χ2n) is 8.32. The summed E-state index contributed by atoms with van der Waals surface area (Å²) in [5.74, 6) is 0. The summed E-state index contributed by atoms with van der Waals surface area (Å²) in [6.07, 6.45) is 16.0. The summed E-state index contributed by atoms with van der Waals surface area (Å²) in [6.45, 7) is 6.68. The molecule has 0 radical (unpaired) electrons. The van der Waals surface area contributed by atoms with E-state index >= 15 is 0 Å². The van der Waals surface area contributed by atoms with Gasteiger partial charge >= 0.3 is 0 Å². The highest BCUT2D eigenvalue weighted by Gasteiger charge is 2.04. The fourth-order valence-electron chi connectivity index (χ4n) is 3.70. The summed E-state index contributed by atoms with van der Waals surface area (Å²) < 4.78 is 4.08. The molecule has 0 aliphatic rings. The number of imidazole rings is 1. The molecule has 5 N–H and O–H groups in total. The lowest BCUT2D eigenvalue weighted by molar-refractivity contribution is 0.592. The molecule has 0 spiro atoms. The number of hydrogen-bond donors (Lipinski definition) is 4. The highest BCUT2D eigenvalue weighted by atomic mass is 15.0. The number of nitrogens with two attached hydrogens (primary N) is 1. The lowest BCUT2D eigenvalue weighted by Gasteiger charge is -2.07. The van der Waals surface area contributed by atoms with Crippen molar-refractivity contribution in [3.05, 3.63) is 90.5 Å². The van der Waals surface area contributed by atoms with Crippen molar-refractivity contribution in [3.63, 3.8) is 0 Å². The van der Waals surface area contributed by atoms with Crippen molar-refractivity contribution in [3.8, 4) is 5.69 Å². The zero-order chi connectivity index (χ0) is 23.6.